The maximum Gasteiger partial charge on any atom is 0.256 e. The van der Waals surface area contributed by atoms with Crippen molar-refractivity contribution in [2.45, 2.75) is 0 Å². The topological polar surface area (TPSA) is 66.9 Å². The Kier molecular flexibility index (Phi) is 4.67. The molecular weight excluding hydrogens is 331 g/mol. The molecule has 0 aliphatic heterocycles. The van der Waals surface area contributed by atoms with Gasteiger partial charge in [-0.3, -0.25) is 4.79 Å². The Morgan fingerprint density at radius 2 is 1.67 bits per heavy atom. The van der Waals surface area contributed by atoms with Crippen molar-refractivity contribution in [3.05, 3.63) is 77.1 Å². The summed E-state index contributed by atoms with van der Waals surface area (Å²) in [6.07, 6.45) is 0. The van der Waals surface area contributed by atoms with Gasteiger partial charge in [0.05, 0.1) is 5.02 Å². The van der Waals surface area contributed by atoms with Crippen molar-refractivity contribution in [1.29, 1.82) is 0 Å². The molecule has 0 bridgehead atoms. The largest absolute Gasteiger partial charge is 0.339 e. The van der Waals surface area contributed by atoms with Crippen molar-refractivity contribution in [3.8, 4) is 0 Å². The molecule has 3 aromatic rings. The highest BCUT2D eigenvalue weighted by Crippen LogP contribution is 2.22. The summed E-state index contributed by atoms with van der Waals surface area (Å²) >= 11 is 5.72. The van der Waals surface area contributed by atoms with E-state index in [-0.39, 0.29) is 10.9 Å². The van der Waals surface area contributed by atoms with Crippen LogP contribution in [-0.4, -0.2) is 16.1 Å². The van der Waals surface area contributed by atoms with Crippen LogP contribution in [0, 0.1) is 5.82 Å². The van der Waals surface area contributed by atoms with Crippen LogP contribution in [0.5, 0.6) is 0 Å². The molecule has 0 aliphatic rings. The van der Waals surface area contributed by atoms with Crippen molar-refractivity contribution in [1.82, 2.24) is 10.2 Å². The molecule has 0 saturated carbocycles. The molecule has 2 N–H and O–H groups in total. The predicted octanol–water partition coefficient (Wildman–Crippen LogP) is 4.27. The third kappa shape index (κ3) is 3.85. The summed E-state index contributed by atoms with van der Waals surface area (Å²) in [4.78, 5) is 12.0. The van der Waals surface area contributed by atoms with Crippen LogP contribution in [0.25, 0.3) is 0 Å². The lowest BCUT2D eigenvalue weighted by Crippen LogP contribution is -2.13. The molecule has 0 unspecified atom stereocenters. The van der Waals surface area contributed by atoms with Crippen LogP contribution in [0.15, 0.2) is 60.7 Å². The van der Waals surface area contributed by atoms with Gasteiger partial charge in [-0.15, -0.1) is 10.2 Å². The second-order valence-corrected chi connectivity index (χ2v) is 5.29. The molecule has 7 heteroatoms. The summed E-state index contributed by atoms with van der Waals surface area (Å²) in [5.74, 6) is 0.00475. The molecule has 24 heavy (non-hydrogen) atoms. The molecular formula is C17H12ClFN4O. The maximum absolute atomic E-state index is 13.1. The van der Waals surface area contributed by atoms with Crippen molar-refractivity contribution >= 4 is 34.8 Å². The van der Waals surface area contributed by atoms with Gasteiger partial charge in [0.15, 0.2) is 11.6 Å². The fourth-order valence-electron chi connectivity index (χ4n) is 1.97. The number of carbonyl (C=O) groups is 1. The number of aromatic nitrogens is 2. The van der Waals surface area contributed by atoms with E-state index >= 15 is 0 Å². The van der Waals surface area contributed by atoms with E-state index in [1.54, 1.807) is 36.4 Å². The Hall–Kier alpha value is -2.99. The summed E-state index contributed by atoms with van der Waals surface area (Å²) in [6.45, 7) is 0. The SMILES string of the molecule is O=C(Nc1ccc(Nc2ccc(F)c(Cl)c2)nn1)c1ccccc1. The van der Waals surface area contributed by atoms with Crippen molar-refractivity contribution in [2.75, 3.05) is 10.6 Å². The summed E-state index contributed by atoms with van der Waals surface area (Å²) < 4.78 is 13.1. The van der Waals surface area contributed by atoms with Gasteiger partial charge in [0.1, 0.15) is 5.82 Å². The minimum Gasteiger partial charge on any atom is -0.339 e. The first-order valence-corrected chi connectivity index (χ1v) is 7.42. The Morgan fingerprint density at radius 1 is 0.958 bits per heavy atom. The van der Waals surface area contributed by atoms with Crippen LogP contribution in [0.4, 0.5) is 21.7 Å². The standard InChI is InChI=1S/C17H12ClFN4O/c18-13-10-12(6-7-14(13)19)20-15-8-9-16(23-22-15)21-17(24)11-4-2-1-3-5-11/h1-10H,(H,20,22)(H,21,23,24). The number of amides is 1. The van der Waals surface area contributed by atoms with E-state index in [0.717, 1.165) is 0 Å². The molecule has 0 radical (unpaired) electrons. The van der Waals surface area contributed by atoms with Crippen LogP contribution in [0.1, 0.15) is 10.4 Å². The second-order valence-electron chi connectivity index (χ2n) is 4.88. The van der Waals surface area contributed by atoms with Gasteiger partial charge in [0.25, 0.3) is 5.91 Å². The predicted molar refractivity (Wildman–Crippen MR) is 91.1 cm³/mol. The average Bonchev–Trinajstić information content (AvgIpc) is 2.61. The van der Waals surface area contributed by atoms with Gasteiger partial charge >= 0.3 is 0 Å². The number of nitrogens with zero attached hydrogens (tertiary/aromatic N) is 2. The minimum atomic E-state index is -0.493. The zero-order valence-electron chi connectivity index (χ0n) is 12.3. The van der Waals surface area contributed by atoms with Crippen molar-refractivity contribution < 1.29 is 9.18 Å². The van der Waals surface area contributed by atoms with Gasteiger partial charge in [-0.2, -0.15) is 0 Å². The van der Waals surface area contributed by atoms with E-state index in [2.05, 4.69) is 20.8 Å². The molecule has 5 nitrogen and oxygen atoms in total. The molecule has 0 fully saturated rings. The third-order valence-corrected chi connectivity index (χ3v) is 3.42. The van der Waals surface area contributed by atoms with E-state index in [1.807, 2.05) is 6.07 Å². The zero-order valence-corrected chi connectivity index (χ0v) is 13.1. The lowest BCUT2D eigenvalue weighted by molar-refractivity contribution is 0.102. The number of hydrogen-bond acceptors (Lipinski definition) is 4. The summed E-state index contributed by atoms with van der Waals surface area (Å²) in [5, 5.41) is 13.5. The molecule has 0 spiro atoms. The monoisotopic (exact) mass is 342 g/mol. The molecule has 1 aromatic heterocycles. The van der Waals surface area contributed by atoms with Gasteiger partial charge in [0, 0.05) is 11.3 Å². The van der Waals surface area contributed by atoms with Crippen LogP contribution in [-0.2, 0) is 0 Å². The first-order chi connectivity index (χ1) is 11.6. The quantitative estimate of drug-likeness (QED) is 0.743. The minimum absolute atomic E-state index is 0.0136. The molecule has 1 heterocycles. The first-order valence-electron chi connectivity index (χ1n) is 7.04. The average molecular weight is 343 g/mol. The van der Waals surface area contributed by atoms with Crippen molar-refractivity contribution in [3.63, 3.8) is 0 Å². The normalized spacial score (nSPS) is 10.2. The Labute approximate surface area is 142 Å². The summed E-state index contributed by atoms with van der Waals surface area (Å²) in [5.41, 5.74) is 1.11. The lowest BCUT2D eigenvalue weighted by Gasteiger charge is -2.07. The van der Waals surface area contributed by atoms with Crippen LogP contribution in [0.2, 0.25) is 5.02 Å². The maximum atomic E-state index is 13.1. The van der Waals surface area contributed by atoms with Gasteiger partial charge in [0.2, 0.25) is 0 Å². The lowest BCUT2D eigenvalue weighted by atomic mass is 10.2. The summed E-state index contributed by atoms with van der Waals surface area (Å²) in [6, 6.07) is 16.3. The second kappa shape index (κ2) is 7.06. The number of nitrogens with one attached hydrogen (secondary N) is 2. The van der Waals surface area contributed by atoms with Gasteiger partial charge in [-0.1, -0.05) is 29.8 Å². The summed E-state index contributed by atoms with van der Waals surface area (Å²) in [7, 11) is 0. The fourth-order valence-corrected chi connectivity index (χ4v) is 2.15. The highest BCUT2D eigenvalue weighted by Gasteiger charge is 2.07. The van der Waals surface area contributed by atoms with E-state index in [4.69, 9.17) is 11.6 Å². The van der Waals surface area contributed by atoms with Gasteiger partial charge in [-0.25, -0.2) is 4.39 Å². The number of anilines is 3. The number of rotatable bonds is 4. The Balaban J connectivity index is 1.67. The van der Waals surface area contributed by atoms with Gasteiger partial charge < -0.3 is 10.6 Å². The Bertz CT molecular complexity index is 856. The smallest absolute Gasteiger partial charge is 0.256 e. The first kappa shape index (κ1) is 15.9. The van der Waals surface area contributed by atoms with E-state index in [9.17, 15) is 9.18 Å². The van der Waals surface area contributed by atoms with Crippen LogP contribution in [0.3, 0.4) is 0 Å². The molecule has 0 saturated heterocycles. The number of carbonyl (C=O) groups excluding carboxylic acids is 1. The molecule has 0 atom stereocenters. The third-order valence-electron chi connectivity index (χ3n) is 3.13. The van der Waals surface area contributed by atoms with E-state index in [1.165, 1.54) is 18.2 Å². The number of benzene rings is 2. The van der Waals surface area contributed by atoms with E-state index < -0.39 is 5.82 Å². The van der Waals surface area contributed by atoms with Crippen LogP contribution >= 0.6 is 11.6 Å². The highest BCUT2D eigenvalue weighted by molar-refractivity contribution is 6.31. The zero-order chi connectivity index (χ0) is 16.9. The van der Waals surface area contributed by atoms with Gasteiger partial charge in [-0.05, 0) is 42.5 Å². The molecule has 120 valence electrons. The molecule has 1 amide bonds. The molecule has 0 aliphatic carbocycles. The van der Waals surface area contributed by atoms with E-state index in [0.29, 0.717) is 22.9 Å². The highest BCUT2D eigenvalue weighted by atomic mass is 35.5. The molecule has 2 aromatic carbocycles. The Morgan fingerprint density at radius 3 is 2.33 bits per heavy atom. The number of hydrogen-bond donors (Lipinski definition) is 2. The fraction of sp³-hybridized carbons (Fsp3) is 0. The van der Waals surface area contributed by atoms with Crippen LogP contribution < -0.4 is 10.6 Å². The molecule has 3 rings (SSSR count). The number of halogens is 2. The van der Waals surface area contributed by atoms with Crippen molar-refractivity contribution in [2.24, 2.45) is 0 Å².